The van der Waals surface area contributed by atoms with Crippen molar-refractivity contribution in [1.29, 1.82) is 0 Å². The van der Waals surface area contributed by atoms with Gasteiger partial charge < -0.3 is 15.5 Å². The number of ether oxygens (including phenoxy) is 1. The van der Waals surface area contributed by atoms with Gasteiger partial charge in [0.1, 0.15) is 12.0 Å². The number of H-pyrrole nitrogens is 1. The maximum absolute atomic E-state index is 5.57. The van der Waals surface area contributed by atoms with Crippen molar-refractivity contribution in [2.75, 3.05) is 12.3 Å². The highest BCUT2D eigenvalue weighted by molar-refractivity contribution is 5.93. The number of nitrogens with zero attached hydrogens (tertiary/aromatic N) is 5. The van der Waals surface area contributed by atoms with E-state index in [9.17, 15) is 0 Å². The summed E-state index contributed by atoms with van der Waals surface area (Å²) in [4.78, 5) is 11.3. The van der Waals surface area contributed by atoms with Gasteiger partial charge in [0.25, 0.3) is 0 Å². The quantitative estimate of drug-likeness (QED) is 0.527. The summed E-state index contributed by atoms with van der Waals surface area (Å²) in [5, 5.41) is 8.77. The molecule has 4 aromatic heterocycles. The molecule has 0 unspecified atom stereocenters. The van der Waals surface area contributed by atoms with Gasteiger partial charge >= 0.3 is 0 Å². The average Bonchev–Trinajstić information content (AvgIpc) is 3.33. The zero-order valence-corrected chi connectivity index (χ0v) is 15.6. The van der Waals surface area contributed by atoms with Gasteiger partial charge in [-0.2, -0.15) is 4.98 Å². The molecule has 1 aliphatic carbocycles. The van der Waals surface area contributed by atoms with Crippen molar-refractivity contribution in [3.05, 3.63) is 37.1 Å². The van der Waals surface area contributed by atoms with E-state index in [4.69, 9.17) is 10.5 Å². The first kappa shape index (κ1) is 17.1. The summed E-state index contributed by atoms with van der Waals surface area (Å²) < 4.78 is 7.43. The van der Waals surface area contributed by atoms with Crippen LogP contribution in [0, 0.1) is 0 Å². The number of nitrogen functional groups attached to an aromatic ring is 1. The molecule has 2 fully saturated rings. The number of nitrogens with two attached hydrogens (primary N) is 1. The normalized spacial score (nSPS) is 18.0. The number of anilines is 1. The summed E-state index contributed by atoms with van der Waals surface area (Å²) in [5.41, 5.74) is 9.56. The van der Waals surface area contributed by atoms with Gasteiger partial charge in [0.2, 0.25) is 5.95 Å². The van der Waals surface area contributed by atoms with Gasteiger partial charge in [0.15, 0.2) is 5.65 Å². The Morgan fingerprint density at radius 1 is 1.14 bits per heavy atom. The molecule has 1 aliphatic heterocycles. The lowest BCUT2D eigenvalue weighted by molar-refractivity contribution is -0.164. The van der Waals surface area contributed by atoms with E-state index in [1.807, 2.05) is 28.9 Å². The number of fused-ring (bicyclic) bond motifs is 2. The summed E-state index contributed by atoms with van der Waals surface area (Å²) in [6.07, 6.45) is 15.5. The lowest BCUT2D eigenvalue weighted by Gasteiger charge is -2.44. The number of hydrogen-bond donors (Lipinski definition) is 2. The van der Waals surface area contributed by atoms with Crippen LogP contribution in [0.25, 0.3) is 27.8 Å². The molecule has 28 heavy (non-hydrogen) atoms. The highest BCUT2D eigenvalue weighted by Crippen LogP contribution is 2.40. The maximum Gasteiger partial charge on any atom is 0.221 e. The van der Waals surface area contributed by atoms with Crippen LogP contribution in [0.5, 0.6) is 0 Å². The average molecular weight is 377 g/mol. The van der Waals surface area contributed by atoms with Crippen LogP contribution in [-0.2, 0) is 4.74 Å². The molecular weight excluding hydrogens is 354 g/mol. The van der Waals surface area contributed by atoms with Crippen molar-refractivity contribution in [1.82, 2.24) is 29.5 Å². The Kier molecular flexibility index (Phi) is 4.20. The van der Waals surface area contributed by atoms with Crippen LogP contribution in [-0.4, -0.2) is 41.8 Å². The first-order chi connectivity index (χ1) is 13.7. The Bertz CT molecular complexity index is 1100. The molecule has 144 valence electrons. The summed E-state index contributed by atoms with van der Waals surface area (Å²) in [6, 6.07) is 3.91. The summed E-state index contributed by atoms with van der Waals surface area (Å²) in [5.74, 6) is 0.259. The second-order valence-corrected chi connectivity index (χ2v) is 7.55. The van der Waals surface area contributed by atoms with E-state index in [1.54, 1.807) is 12.5 Å². The zero-order chi connectivity index (χ0) is 19.0. The molecule has 0 bridgehead atoms. The zero-order valence-electron chi connectivity index (χ0n) is 15.6. The van der Waals surface area contributed by atoms with Crippen molar-refractivity contribution in [3.8, 4) is 11.1 Å². The minimum absolute atomic E-state index is 0.259. The van der Waals surface area contributed by atoms with Gasteiger partial charge in [-0.15, -0.1) is 10.2 Å². The van der Waals surface area contributed by atoms with Gasteiger partial charge in [-0.05, 0) is 31.4 Å². The number of aromatic amines is 1. The highest BCUT2D eigenvalue weighted by Gasteiger charge is 2.38. The Morgan fingerprint density at radius 3 is 2.75 bits per heavy atom. The van der Waals surface area contributed by atoms with E-state index in [2.05, 4.69) is 25.1 Å². The van der Waals surface area contributed by atoms with Gasteiger partial charge in [-0.1, -0.05) is 19.3 Å². The molecule has 0 radical (unpaired) electrons. The van der Waals surface area contributed by atoms with Crippen LogP contribution >= 0.6 is 0 Å². The minimum atomic E-state index is 0.259. The summed E-state index contributed by atoms with van der Waals surface area (Å²) in [6.45, 7) is 1.03. The van der Waals surface area contributed by atoms with Crippen LogP contribution < -0.4 is 5.73 Å². The van der Waals surface area contributed by atoms with Crippen molar-refractivity contribution < 1.29 is 4.74 Å². The van der Waals surface area contributed by atoms with Gasteiger partial charge in [0.05, 0.1) is 12.2 Å². The lowest BCUT2D eigenvalue weighted by Crippen LogP contribution is -2.44. The van der Waals surface area contributed by atoms with Gasteiger partial charge in [-0.3, -0.25) is 4.40 Å². The molecular formula is C20H23N7O. The Morgan fingerprint density at radius 2 is 2.00 bits per heavy atom. The van der Waals surface area contributed by atoms with Crippen molar-refractivity contribution >= 4 is 22.6 Å². The van der Waals surface area contributed by atoms with E-state index in [0.717, 1.165) is 34.4 Å². The molecule has 5 heterocycles. The fourth-order valence-electron chi connectivity index (χ4n) is 4.13. The second-order valence-electron chi connectivity index (χ2n) is 7.55. The van der Waals surface area contributed by atoms with Crippen LogP contribution in [0.4, 0.5) is 5.95 Å². The van der Waals surface area contributed by atoms with E-state index >= 15 is 0 Å². The monoisotopic (exact) mass is 377 g/mol. The molecule has 8 nitrogen and oxygen atoms in total. The smallest absolute Gasteiger partial charge is 0.221 e. The van der Waals surface area contributed by atoms with E-state index in [0.29, 0.717) is 5.60 Å². The molecule has 1 saturated heterocycles. The van der Waals surface area contributed by atoms with Crippen LogP contribution in [0.2, 0.25) is 0 Å². The summed E-state index contributed by atoms with van der Waals surface area (Å²) in [7, 11) is 0. The third-order valence-corrected chi connectivity index (χ3v) is 5.78. The standard InChI is InChI=1S/C12H9N7.C8H14O/c13-12-15-4-9-8(3-14-11(9)17-12)7-1-2-10-18-16-6-19(10)5-7;1-2-4-8(5-3-1)6-7-9-8/h1-6H,(H3,13,14,15,17);1-7H2. The maximum atomic E-state index is 5.57. The van der Waals surface area contributed by atoms with Crippen molar-refractivity contribution in [2.45, 2.75) is 44.1 Å². The topological polar surface area (TPSA) is 107 Å². The third-order valence-electron chi connectivity index (χ3n) is 5.78. The largest absolute Gasteiger partial charge is 0.375 e. The predicted octanol–water partition coefficient (Wildman–Crippen LogP) is 3.36. The second kappa shape index (κ2) is 6.87. The molecule has 0 amide bonds. The van der Waals surface area contributed by atoms with Crippen LogP contribution in [0.3, 0.4) is 0 Å². The Hall–Kier alpha value is -3.00. The Balaban J connectivity index is 0.000000158. The van der Waals surface area contributed by atoms with Gasteiger partial charge in [0, 0.05) is 35.1 Å². The SMILES string of the molecule is C1CCC2(CC1)CCO2.Nc1ncc2c(-c3ccc4nncn4c3)c[nH]c2n1. The minimum Gasteiger partial charge on any atom is -0.375 e. The fraction of sp³-hybridized carbons (Fsp3) is 0.400. The number of nitrogens with one attached hydrogen (secondary N) is 1. The molecule has 2 aliphatic rings. The lowest BCUT2D eigenvalue weighted by atomic mass is 9.79. The molecule has 1 saturated carbocycles. The van der Waals surface area contributed by atoms with E-state index < -0.39 is 0 Å². The van der Waals surface area contributed by atoms with E-state index in [-0.39, 0.29) is 5.95 Å². The third kappa shape index (κ3) is 3.09. The van der Waals surface area contributed by atoms with Crippen molar-refractivity contribution in [3.63, 3.8) is 0 Å². The Labute approximate surface area is 162 Å². The molecule has 4 aromatic rings. The predicted molar refractivity (Wildman–Crippen MR) is 107 cm³/mol. The first-order valence-electron chi connectivity index (χ1n) is 9.76. The van der Waals surface area contributed by atoms with Crippen molar-refractivity contribution in [2.24, 2.45) is 0 Å². The summed E-state index contributed by atoms with van der Waals surface area (Å²) >= 11 is 0. The number of aromatic nitrogens is 6. The van der Waals surface area contributed by atoms with Crippen LogP contribution in [0.15, 0.2) is 37.1 Å². The fourth-order valence-corrected chi connectivity index (χ4v) is 4.13. The van der Waals surface area contributed by atoms with E-state index in [1.165, 1.54) is 38.5 Å². The first-order valence-corrected chi connectivity index (χ1v) is 9.76. The van der Waals surface area contributed by atoms with Gasteiger partial charge in [-0.25, -0.2) is 4.98 Å². The van der Waals surface area contributed by atoms with Crippen LogP contribution in [0.1, 0.15) is 38.5 Å². The molecule has 8 heteroatoms. The molecule has 3 N–H and O–H groups in total. The molecule has 0 aromatic carbocycles. The number of pyridine rings is 1. The highest BCUT2D eigenvalue weighted by atomic mass is 16.5. The molecule has 1 spiro atoms. The number of rotatable bonds is 1. The number of hydrogen-bond acceptors (Lipinski definition) is 6. The molecule has 6 rings (SSSR count). The molecule has 0 atom stereocenters.